The van der Waals surface area contributed by atoms with Crippen molar-refractivity contribution in [2.24, 2.45) is 0 Å². The minimum absolute atomic E-state index is 0.466. The molecule has 4 rings (SSSR count). The van der Waals surface area contributed by atoms with E-state index in [4.69, 9.17) is 4.42 Å². The van der Waals surface area contributed by atoms with Crippen LogP contribution in [0.4, 0.5) is 11.4 Å². The second-order valence-corrected chi connectivity index (χ2v) is 7.07. The second-order valence-electron chi connectivity index (χ2n) is 6.18. The number of carbonyl (C=O) groups is 2. The van der Waals surface area contributed by atoms with Crippen LogP contribution in [0.3, 0.4) is 0 Å². The highest BCUT2D eigenvalue weighted by Gasteiger charge is 2.16. The van der Waals surface area contributed by atoms with Crippen molar-refractivity contribution in [1.82, 2.24) is 9.97 Å². The molecular weight excluding hydrogens is 376 g/mol. The summed E-state index contributed by atoms with van der Waals surface area (Å²) in [7, 11) is 0. The van der Waals surface area contributed by atoms with Gasteiger partial charge in [0, 0.05) is 16.9 Å². The van der Waals surface area contributed by atoms with Crippen LogP contribution in [0.5, 0.6) is 0 Å². The lowest BCUT2D eigenvalue weighted by Crippen LogP contribution is -2.29. The Balaban J connectivity index is 1.46. The van der Waals surface area contributed by atoms with Gasteiger partial charge in [-0.15, -0.1) is 11.3 Å². The third-order valence-corrected chi connectivity index (χ3v) is 4.98. The molecule has 0 atom stereocenters. The van der Waals surface area contributed by atoms with Gasteiger partial charge in [-0.05, 0) is 50.2 Å². The lowest BCUT2D eigenvalue weighted by Gasteiger charge is -2.07. The molecule has 2 amide bonds. The first-order valence-electron chi connectivity index (χ1n) is 8.49. The van der Waals surface area contributed by atoms with Crippen LogP contribution in [-0.4, -0.2) is 21.8 Å². The second kappa shape index (κ2) is 7.24. The molecule has 0 fully saturated rings. The van der Waals surface area contributed by atoms with E-state index in [9.17, 15) is 9.59 Å². The van der Waals surface area contributed by atoms with Gasteiger partial charge in [0.2, 0.25) is 5.89 Å². The van der Waals surface area contributed by atoms with E-state index in [1.165, 1.54) is 11.3 Å². The van der Waals surface area contributed by atoms with Crippen LogP contribution in [0.2, 0.25) is 0 Å². The number of carbonyl (C=O) groups excluding carboxylic acids is 2. The molecule has 0 unspecified atom stereocenters. The standard InChI is InChI=1S/C20H16N4O3S/c1-11-12(2)27-20(22-11)13-4-3-5-14(8-13)23-18(25)19(26)24-15-6-7-16-17(9-15)28-10-21-16/h3-10H,1-2H3,(H,23,25)(H,24,26). The molecule has 0 radical (unpaired) electrons. The third-order valence-electron chi connectivity index (χ3n) is 4.19. The number of aryl methyl sites for hydroxylation is 2. The fourth-order valence-corrected chi connectivity index (χ4v) is 3.35. The maximum absolute atomic E-state index is 12.3. The molecular formula is C20H16N4O3S. The number of benzene rings is 2. The molecule has 8 heteroatoms. The first-order valence-corrected chi connectivity index (χ1v) is 9.37. The molecule has 140 valence electrons. The van der Waals surface area contributed by atoms with Crippen molar-refractivity contribution < 1.29 is 14.0 Å². The number of anilines is 2. The lowest BCUT2D eigenvalue weighted by molar-refractivity contribution is -0.132. The smallest absolute Gasteiger partial charge is 0.314 e. The number of hydrogen-bond donors (Lipinski definition) is 2. The fourth-order valence-electron chi connectivity index (χ4n) is 2.63. The van der Waals surface area contributed by atoms with Crippen molar-refractivity contribution in [2.75, 3.05) is 10.6 Å². The molecule has 2 aromatic heterocycles. The average Bonchev–Trinajstić information content (AvgIpc) is 3.28. The number of rotatable bonds is 3. The molecule has 7 nitrogen and oxygen atoms in total. The highest BCUT2D eigenvalue weighted by molar-refractivity contribution is 7.16. The summed E-state index contributed by atoms with van der Waals surface area (Å²) in [6.07, 6.45) is 0. The lowest BCUT2D eigenvalue weighted by atomic mass is 10.2. The molecule has 0 aliphatic carbocycles. The van der Waals surface area contributed by atoms with Crippen LogP contribution in [0.1, 0.15) is 11.5 Å². The van der Waals surface area contributed by atoms with Crippen molar-refractivity contribution in [2.45, 2.75) is 13.8 Å². The Morgan fingerprint density at radius 3 is 2.46 bits per heavy atom. The summed E-state index contributed by atoms with van der Waals surface area (Å²) in [5.74, 6) is -0.312. The molecule has 2 aromatic carbocycles. The van der Waals surface area contributed by atoms with Gasteiger partial charge in [-0.25, -0.2) is 9.97 Å². The molecule has 0 spiro atoms. The van der Waals surface area contributed by atoms with E-state index in [-0.39, 0.29) is 0 Å². The van der Waals surface area contributed by atoms with Gasteiger partial charge in [-0.3, -0.25) is 9.59 Å². The van der Waals surface area contributed by atoms with E-state index in [2.05, 4.69) is 20.6 Å². The number of aromatic nitrogens is 2. The number of fused-ring (bicyclic) bond motifs is 1. The minimum Gasteiger partial charge on any atom is -0.441 e. The number of hydrogen-bond acceptors (Lipinski definition) is 6. The van der Waals surface area contributed by atoms with Crippen LogP contribution in [-0.2, 0) is 9.59 Å². The zero-order valence-corrected chi connectivity index (χ0v) is 16.0. The van der Waals surface area contributed by atoms with E-state index in [1.54, 1.807) is 41.9 Å². The van der Waals surface area contributed by atoms with Gasteiger partial charge in [0.15, 0.2) is 0 Å². The molecule has 2 N–H and O–H groups in total. The number of nitrogens with one attached hydrogen (secondary N) is 2. The Bertz CT molecular complexity index is 1180. The van der Waals surface area contributed by atoms with Gasteiger partial charge >= 0.3 is 11.8 Å². The van der Waals surface area contributed by atoms with E-state index in [1.807, 2.05) is 19.9 Å². The summed E-state index contributed by atoms with van der Waals surface area (Å²) in [5.41, 5.74) is 5.11. The van der Waals surface area contributed by atoms with E-state index >= 15 is 0 Å². The quantitative estimate of drug-likeness (QED) is 0.511. The maximum Gasteiger partial charge on any atom is 0.314 e. The molecule has 2 heterocycles. The zero-order valence-electron chi connectivity index (χ0n) is 15.1. The van der Waals surface area contributed by atoms with E-state index in [0.29, 0.717) is 22.8 Å². The SMILES string of the molecule is Cc1nc(-c2cccc(NC(=O)C(=O)Nc3ccc4ncsc4c3)c2)oc1C. The number of amides is 2. The van der Waals surface area contributed by atoms with Crippen molar-refractivity contribution in [1.29, 1.82) is 0 Å². The molecule has 0 bridgehead atoms. The van der Waals surface area contributed by atoms with Crippen LogP contribution in [0.15, 0.2) is 52.4 Å². The van der Waals surface area contributed by atoms with Gasteiger partial charge < -0.3 is 15.1 Å². The summed E-state index contributed by atoms with van der Waals surface area (Å²) in [4.78, 5) is 33.0. The summed E-state index contributed by atoms with van der Waals surface area (Å²) in [6.45, 7) is 3.70. The average molecular weight is 392 g/mol. The largest absolute Gasteiger partial charge is 0.441 e. The highest BCUT2D eigenvalue weighted by atomic mass is 32.1. The molecule has 28 heavy (non-hydrogen) atoms. The van der Waals surface area contributed by atoms with Crippen molar-refractivity contribution in [3.05, 3.63) is 59.4 Å². The number of nitrogens with zero attached hydrogens (tertiary/aromatic N) is 2. The molecule has 0 saturated heterocycles. The fraction of sp³-hybridized carbons (Fsp3) is 0.100. The highest BCUT2D eigenvalue weighted by Crippen LogP contribution is 2.24. The Morgan fingerprint density at radius 2 is 1.75 bits per heavy atom. The van der Waals surface area contributed by atoms with Crippen molar-refractivity contribution >= 4 is 44.7 Å². The third kappa shape index (κ3) is 3.63. The Hall–Kier alpha value is -3.52. The Morgan fingerprint density at radius 1 is 1.00 bits per heavy atom. The maximum atomic E-state index is 12.3. The van der Waals surface area contributed by atoms with Gasteiger partial charge in [-0.1, -0.05) is 6.07 Å². The molecule has 0 saturated carbocycles. The number of thiazole rings is 1. The predicted octanol–water partition coefficient (Wildman–Crippen LogP) is 4.15. The van der Waals surface area contributed by atoms with Gasteiger partial charge in [-0.2, -0.15) is 0 Å². The Labute approximate surface area is 164 Å². The monoisotopic (exact) mass is 392 g/mol. The Kier molecular flexibility index (Phi) is 4.62. The summed E-state index contributed by atoms with van der Waals surface area (Å²) >= 11 is 1.46. The van der Waals surface area contributed by atoms with E-state index < -0.39 is 11.8 Å². The molecule has 4 aromatic rings. The zero-order chi connectivity index (χ0) is 19.7. The first kappa shape index (κ1) is 17.9. The van der Waals surface area contributed by atoms with Gasteiger partial charge in [0.25, 0.3) is 0 Å². The van der Waals surface area contributed by atoms with Gasteiger partial charge in [0.05, 0.1) is 21.4 Å². The van der Waals surface area contributed by atoms with Crippen molar-refractivity contribution in [3.63, 3.8) is 0 Å². The normalized spacial score (nSPS) is 10.8. The number of oxazole rings is 1. The predicted molar refractivity (Wildman–Crippen MR) is 108 cm³/mol. The summed E-state index contributed by atoms with van der Waals surface area (Å²) in [5, 5.41) is 5.19. The van der Waals surface area contributed by atoms with E-state index in [0.717, 1.165) is 21.7 Å². The van der Waals surface area contributed by atoms with Crippen LogP contribution >= 0.6 is 11.3 Å². The summed E-state index contributed by atoms with van der Waals surface area (Å²) in [6, 6.07) is 12.3. The molecule has 0 aliphatic rings. The molecule has 0 aliphatic heterocycles. The van der Waals surface area contributed by atoms with Crippen LogP contribution < -0.4 is 10.6 Å². The summed E-state index contributed by atoms with van der Waals surface area (Å²) < 4.78 is 6.54. The van der Waals surface area contributed by atoms with Crippen LogP contribution in [0, 0.1) is 13.8 Å². The van der Waals surface area contributed by atoms with Gasteiger partial charge in [0.1, 0.15) is 5.76 Å². The topological polar surface area (TPSA) is 97.1 Å². The van der Waals surface area contributed by atoms with Crippen LogP contribution in [0.25, 0.3) is 21.7 Å². The minimum atomic E-state index is -0.763. The van der Waals surface area contributed by atoms with Crippen molar-refractivity contribution in [3.8, 4) is 11.5 Å². The first-order chi connectivity index (χ1) is 13.5.